The number of aromatic nitrogens is 4. The molecule has 3 heterocycles. The fourth-order valence-corrected chi connectivity index (χ4v) is 3.10. The zero-order valence-electron chi connectivity index (χ0n) is 14.1. The van der Waals surface area contributed by atoms with Crippen molar-refractivity contribution in [3.05, 3.63) is 30.1 Å². The molecule has 2 aromatic rings. The molecule has 0 aromatic carbocycles. The van der Waals surface area contributed by atoms with E-state index in [4.69, 9.17) is 4.74 Å². The smallest absolute Gasteiger partial charge is 0.434 e. The molecule has 3 rings (SSSR count). The van der Waals surface area contributed by atoms with Crippen molar-refractivity contribution in [3.63, 3.8) is 0 Å². The highest BCUT2D eigenvalue weighted by molar-refractivity contribution is 5.39. The van der Waals surface area contributed by atoms with Crippen LogP contribution in [-0.4, -0.2) is 39.2 Å². The molecule has 9 heteroatoms. The molecule has 6 nitrogen and oxygen atoms in total. The van der Waals surface area contributed by atoms with Gasteiger partial charge in [-0.2, -0.15) is 18.2 Å². The lowest BCUT2D eigenvalue weighted by Gasteiger charge is -2.33. The van der Waals surface area contributed by atoms with Crippen molar-refractivity contribution in [1.82, 2.24) is 19.5 Å². The Bertz CT molecular complexity index is 731. The van der Waals surface area contributed by atoms with Crippen LogP contribution in [0, 0.1) is 0 Å². The van der Waals surface area contributed by atoms with E-state index in [1.54, 1.807) is 19.4 Å². The van der Waals surface area contributed by atoms with Crippen molar-refractivity contribution in [2.45, 2.75) is 31.9 Å². The molecule has 0 aliphatic carbocycles. The maximum Gasteiger partial charge on any atom is 0.434 e. The van der Waals surface area contributed by atoms with Gasteiger partial charge < -0.3 is 14.2 Å². The van der Waals surface area contributed by atoms with E-state index in [1.807, 2.05) is 11.8 Å². The predicted octanol–water partition coefficient (Wildman–Crippen LogP) is 3.01. The van der Waals surface area contributed by atoms with Gasteiger partial charge >= 0.3 is 6.18 Å². The van der Waals surface area contributed by atoms with Crippen molar-refractivity contribution >= 4 is 5.82 Å². The minimum atomic E-state index is -4.43. The maximum absolute atomic E-state index is 12.9. The summed E-state index contributed by atoms with van der Waals surface area (Å²) < 4.78 is 45.5. The van der Waals surface area contributed by atoms with Gasteiger partial charge in [0.2, 0.25) is 5.88 Å². The summed E-state index contributed by atoms with van der Waals surface area (Å²) in [4.78, 5) is 14.4. The first-order valence-corrected chi connectivity index (χ1v) is 8.18. The zero-order chi connectivity index (χ0) is 18.0. The first kappa shape index (κ1) is 17.5. The van der Waals surface area contributed by atoms with Crippen molar-refractivity contribution in [3.8, 4) is 5.88 Å². The number of piperidine rings is 1. The van der Waals surface area contributed by atoms with E-state index < -0.39 is 11.9 Å². The molecule has 0 amide bonds. The lowest BCUT2D eigenvalue weighted by molar-refractivity contribution is -0.141. The Morgan fingerprint density at radius 3 is 2.76 bits per heavy atom. The monoisotopic (exact) mass is 355 g/mol. The summed E-state index contributed by atoms with van der Waals surface area (Å²) in [6.07, 6.45) is 1.44. The zero-order valence-corrected chi connectivity index (χ0v) is 14.1. The highest BCUT2D eigenvalue weighted by atomic mass is 19.4. The van der Waals surface area contributed by atoms with Crippen molar-refractivity contribution < 1.29 is 17.9 Å². The van der Waals surface area contributed by atoms with E-state index in [9.17, 15) is 13.2 Å². The Labute approximate surface area is 143 Å². The van der Waals surface area contributed by atoms with Gasteiger partial charge in [-0.15, -0.1) is 0 Å². The largest absolute Gasteiger partial charge is 0.477 e. The van der Waals surface area contributed by atoms with Gasteiger partial charge in [0.05, 0.1) is 19.0 Å². The van der Waals surface area contributed by atoms with E-state index >= 15 is 0 Å². The third kappa shape index (κ3) is 3.85. The number of hydrogen-bond donors (Lipinski definition) is 0. The molecule has 1 aliphatic heterocycles. The number of halogens is 3. The first-order valence-electron chi connectivity index (χ1n) is 8.18. The molecular formula is C16H20F3N5O. The molecule has 1 aliphatic rings. The summed E-state index contributed by atoms with van der Waals surface area (Å²) in [5.41, 5.74) is -0.847. The number of aryl methyl sites for hydroxylation is 1. The summed E-state index contributed by atoms with van der Waals surface area (Å²) in [5, 5.41) is 0. The van der Waals surface area contributed by atoms with Crippen LogP contribution in [-0.2, 0) is 13.2 Å². The van der Waals surface area contributed by atoms with Crippen LogP contribution in [0.1, 0.15) is 37.2 Å². The van der Waals surface area contributed by atoms with Crippen LogP contribution >= 0.6 is 0 Å². The van der Waals surface area contributed by atoms with Crippen LogP contribution in [0.25, 0.3) is 0 Å². The highest BCUT2D eigenvalue weighted by Crippen LogP contribution is 2.33. The molecule has 136 valence electrons. The Morgan fingerprint density at radius 1 is 1.28 bits per heavy atom. The van der Waals surface area contributed by atoms with Crippen LogP contribution in [0.4, 0.5) is 19.0 Å². The van der Waals surface area contributed by atoms with Crippen LogP contribution in [0.3, 0.4) is 0 Å². The van der Waals surface area contributed by atoms with Crippen molar-refractivity contribution in [1.29, 1.82) is 0 Å². The summed E-state index contributed by atoms with van der Waals surface area (Å²) in [6, 6.07) is 0. The summed E-state index contributed by atoms with van der Waals surface area (Å²) in [5.74, 6) is 1.47. The van der Waals surface area contributed by atoms with Crippen molar-refractivity contribution in [2.24, 2.45) is 7.05 Å². The number of anilines is 1. The second-order valence-electron chi connectivity index (χ2n) is 6.03. The molecule has 0 spiro atoms. The molecule has 1 saturated heterocycles. The van der Waals surface area contributed by atoms with E-state index in [0.717, 1.165) is 25.6 Å². The van der Waals surface area contributed by atoms with Gasteiger partial charge in [-0.3, -0.25) is 4.98 Å². The lowest BCUT2D eigenvalue weighted by Crippen LogP contribution is -2.36. The van der Waals surface area contributed by atoms with Gasteiger partial charge in [0.15, 0.2) is 11.5 Å². The topological polar surface area (TPSA) is 56.1 Å². The van der Waals surface area contributed by atoms with E-state index in [2.05, 4.69) is 15.0 Å². The second kappa shape index (κ2) is 6.89. The van der Waals surface area contributed by atoms with Crippen LogP contribution in [0.5, 0.6) is 5.88 Å². The molecular weight excluding hydrogens is 335 g/mol. The average Bonchev–Trinajstić information content (AvgIpc) is 2.98. The summed E-state index contributed by atoms with van der Waals surface area (Å²) >= 11 is 0. The molecule has 1 fully saturated rings. The molecule has 2 aromatic heterocycles. The van der Waals surface area contributed by atoms with Gasteiger partial charge in [-0.1, -0.05) is 0 Å². The highest BCUT2D eigenvalue weighted by Gasteiger charge is 2.36. The third-order valence-electron chi connectivity index (χ3n) is 4.21. The van der Waals surface area contributed by atoms with Gasteiger partial charge in [0.1, 0.15) is 5.82 Å². The normalized spacial score (nSPS) is 18.4. The lowest BCUT2D eigenvalue weighted by atomic mass is 9.97. The van der Waals surface area contributed by atoms with E-state index in [1.165, 1.54) is 4.57 Å². The first-order chi connectivity index (χ1) is 11.9. The number of ether oxygens (including phenoxy) is 1. The van der Waals surface area contributed by atoms with Crippen LogP contribution < -0.4 is 9.64 Å². The SMILES string of the molecule is CCOc1cncc(N2CCC[C@@H](c3nc(C(F)(F)F)cn3C)C2)n1. The van der Waals surface area contributed by atoms with Crippen LogP contribution in [0.2, 0.25) is 0 Å². The number of nitrogens with zero attached hydrogens (tertiary/aromatic N) is 5. The van der Waals surface area contributed by atoms with Gasteiger partial charge in [0, 0.05) is 32.3 Å². The van der Waals surface area contributed by atoms with Crippen molar-refractivity contribution in [2.75, 3.05) is 24.6 Å². The van der Waals surface area contributed by atoms with Gasteiger partial charge in [0.25, 0.3) is 0 Å². The maximum atomic E-state index is 12.9. The molecule has 0 N–H and O–H groups in total. The molecule has 1 atom stereocenters. The predicted molar refractivity (Wildman–Crippen MR) is 85.6 cm³/mol. The number of alkyl halides is 3. The fourth-order valence-electron chi connectivity index (χ4n) is 3.10. The standard InChI is InChI=1S/C16H20F3N5O/c1-3-25-14-8-20-7-13(22-14)24-6-4-5-11(9-24)15-21-12(10-23(15)2)16(17,18)19/h7-8,10-11H,3-6,9H2,1-2H3/t11-/m1/s1. The minimum absolute atomic E-state index is 0.0904. The third-order valence-corrected chi connectivity index (χ3v) is 4.21. The minimum Gasteiger partial charge on any atom is -0.477 e. The Balaban J connectivity index is 1.80. The average molecular weight is 355 g/mol. The molecule has 25 heavy (non-hydrogen) atoms. The van der Waals surface area contributed by atoms with Gasteiger partial charge in [-0.05, 0) is 19.8 Å². The van der Waals surface area contributed by atoms with Crippen LogP contribution in [0.15, 0.2) is 18.6 Å². The summed E-state index contributed by atoms with van der Waals surface area (Å²) in [7, 11) is 1.60. The van der Waals surface area contributed by atoms with E-state index in [-0.39, 0.29) is 5.92 Å². The number of imidazole rings is 1. The molecule has 0 radical (unpaired) electrons. The number of hydrogen-bond acceptors (Lipinski definition) is 5. The molecule has 0 bridgehead atoms. The fraction of sp³-hybridized carbons (Fsp3) is 0.562. The Kier molecular flexibility index (Phi) is 4.82. The van der Waals surface area contributed by atoms with E-state index in [0.29, 0.717) is 30.7 Å². The second-order valence-corrected chi connectivity index (χ2v) is 6.03. The van der Waals surface area contributed by atoms with Gasteiger partial charge in [-0.25, -0.2) is 4.98 Å². The molecule has 0 unspecified atom stereocenters. The summed E-state index contributed by atoms with van der Waals surface area (Å²) in [6.45, 7) is 3.68. The number of rotatable bonds is 4. The molecule has 0 saturated carbocycles. The Hall–Kier alpha value is -2.32. The quantitative estimate of drug-likeness (QED) is 0.844. The Morgan fingerprint density at radius 2 is 2.08 bits per heavy atom.